The lowest BCUT2D eigenvalue weighted by Gasteiger charge is -2.37. The van der Waals surface area contributed by atoms with Gasteiger partial charge in [-0.25, -0.2) is 0 Å². The minimum atomic E-state index is 0.0458. The molecular weight excluding hydrogens is 402 g/mol. The Balaban J connectivity index is 1.26. The Morgan fingerprint density at radius 2 is 1.56 bits per heavy atom. The van der Waals surface area contributed by atoms with Crippen LogP contribution in [0.1, 0.15) is 24.8 Å². The van der Waals surface area contributed by atoms with Gasteiger partial charge in [-0.1, -0.05) is 12.1 Å². The highest BCUT2D eigenvalue weighted by atomic mass is 16.5. The lowest BCUT2D eigenvalue weighted by molar-refractivity contribution is -0.119. The molecule has 2 aromatic carbocycles. The van der Waals surface area contributed by atoms with Gasteiger partial charge in [0, 0.05) is 24.8 Å². The van der Waals surface area contributed by atoms with E-state index in [-0.39, 0.29) is 11.8 Å². The number of ether oxygens (including phenoxy) is 2. The van der Waals surface area contributed by atoms with Crippen LogP contribution in [-0.4, -0.2) is 62.7 Å². The summed E-state index contributed by atoms with van der Waals surface area (Å²) in [6, 6.07) is 16.4. The van der Waals surface area contributed by atoms with Crippen LogP contribution in [0.25, 0.3) is 0 Å². The van der Waals surface area contributed by atoms with Crippen LogP contribution in [-0.2, 0) is 11.3 Å². The maximum absolute atomic E-state index is 12.9. The largest absolute Gasteiger partial charge is 0.497 e. The van der Waals surface area contributed by atoms with Gasteiger partial charge >= 0.3 is 0 Å². The fourth-order valence-electron chi connectivity index (χ4n) is 5.17. The van der Waals surface area contributed by atoms with Crippen molar-refractivity contribution in [3.63, 3.8) is 0 Å². The number of carbonyl (C=O) groups excluding carboxylic acids is 1. The van der Waals surface area contributed by atoms with Gasteiger partial charge in [0.05, 0.1) is 20.1 Å². The van der Waals surface area contributed by atoms with E-state index < -0.39 is 0 Å². The van der Waals surface area contributed by atoms with Gasteiger partial charge in [0.2, 0.25) is 5.91 Å². The Morgan fingerprint density at radius 3 is 2.16 bits per heavy atom. The van der Waals surface area contributed by atoms with E-state index in [4.69, 9.17) is 9.47 Å². The summed E-state index contributed by atoms with van der Waals surface area (Å²) in [5, 5.41) is 3.08. The van der Waals surface area contributed by atoms with Gasteiger partial charge in [0.1, 0.15) is 11.5 Å². The standard InChI is InChI=1S/C26H35N3O3/c1-28-18-21(26(30)27-22-6-10-24(32-3)11-7-22)16-25(28)20-12-14-29(15-13-20)17-19-4-8-23(31-2)9-5-19/h4-11,20-21,25H,12-18H2,1-3H3,(H,27,30)/t21-,25-/m1/s1. The van der Waals surface area contributed by atoms with E-state index in [2.05, 4.69) is 34.3 Å². The number of hydrogen-bond donors (Lipinski definition) is 1. The minimum Gasteiger partial charge on any atom is -0.497 e. The number of nitrogens with zero attached hydrogens (tertiary/aromatic N) is 2. The molecular formula is C26H35N3O3. The SMILES string of the molecule is COc1ccc(CN2CCC([C@H]3C[C@@H](C(=O)Nc4ccc(OC)cc4)CN3C)CC2)cc1. The summed E-state index contributed by atoms with van der Waals surface area (Å²) in [5.41, 5.74) is 2.16. The Labute approximate surface area is 191 Å². The first-order chi connectivity index (χ1) is 15.6. The van der Waals surface area contributed by atoms with Crippen LogP contribution in [0.2, 0.25) is 0 Å². The maximum Gasteiger partial charge on any atom is 0.228 e. The third-order valence-corrected chi connectivity index (χ3v) is 7.07. The minimum absolute atomic E-state index is 0.0458. The molecule has 32 heavy (non-hydrogen) atoms. The molecule has 2 atom stereocenters. The highest BCUT2D eigenvalue weighted by Crippen LogP contribution is 2.34. The van der Waals surface area contributed by atoms with Gasteiger partial charge in [-0.2, -0.15) is 0 Å². The van der Waals surface area contributed by atoms with Crippen molar-refractivity contribution in [2.75, 3.05) is 46.2 Å². The third-order valence-electron chi connectivity index (χ3n) is 7.07. The first kappa shape index (κ1) is 22.6. The van der Waals surface area contributed by atoms with Crippen molar-refractivity contribution in [1.29, 1.82) is 0 Å². The number of amides is 1. The molecule has 4 rings (SSSR count). The summed E-state index contributed by atoms with van der Waals surface area (Å²) in [6.07, 6.45) is 3.33. The number of nitrogens with one attached hydrogen (secondary N) is 1. The van der Waals surface area contributed by atoms with E-state index >= 15 is 0 Å². The van der Waals surface area contributed by atoms with E-state index in [1.807, 2.05) is 36.4 Å². The van der Waals surface area contributed by atoms with Crippen LogP contribution in [0.15, 0.2) is 48.5 Å². The summed E-state index contributed by atoms with van der Waals surface area (Å²) in [5.74, 6) is 2.53. The highest BCUT2D eigenvalue weighted by molar-refractivity contribution is 5.93. The number of rotatable bonds is 7. The average molecular weight is 438 g/mol. The number of hydrogen-bond acceptors (Lipinski definition) is 5. The molecule has 6 heteroatoms. The zero-order valence-electron chi connectivity index (χ0n) is 19.4. The molecule has 0 aromatic heterocycles. The number of likely N-dealkylation sites (tertiary alicyclic amines) is 2. The maximum atomic E-state index is 12.9. The number of anilines is 1. The molecule has 2 fully saturated rings. The Bertz CT molecular complexity index is 876. The molecule has 172 valence electrons. The molecule has 1 amide bonds. The van der Waals surface area contributed by atoms with Crippen LogP contribution in [0.5, 0.6) is 11.5 Å². The van der Waals surface area contributed by atoms with Gasteiger partial charge in [-0.05, 0) is 87.3 Å². The lowest BCUT2D eigenvalue weighted by Crippen LogP contribution is -2.41. The van der Waals surface area contributed by atoms with Gasteiger partial charge < -0.3 is 19.7 Å². The molecule has 6 nitrogen and oxygen atoms in total. The van der Waals surface area contributed by atoms with E-state index in [0.717, 1.165) is 49.8 Å². The molecule has 0 aliphatic carbocycles. The molecule has 2 aromatic rings. The smallest absolute Gasteiger partial charge is 0.228 e. The van der Waals surface area contributed by atoms with E-state index in [9.17, 15) is 4.79 Å². The number of carbonyl (C=O) groups is 1. The van der Waals surface area contributed by atoms with Gasteiger partial charge in [-0.3, -0.25) is 9.69 Å². The van der Waals surface area contributed by atoms with Gasteiger partial charge in [-0.15, -0.1) is 0 Å². The van der Waals surface area contributed by atoms with Crippen molar-refractivity contribution in [2.45, 2.75) is 31.8 Å². The topological polar surface area (TPSA) is 54.0 Å². The van der Waals surface area contributed by atoms with Crippen LogP contribution in [0.4, 0.5) is 5.69 Å². The van der Waals surface area contributed by atoms with E-state index in [1.54, 1.807) is 14.2 Å². The normalized spacial score (nSPS) is 22.6. The molecule has 2 saturated heterocycles. The van der Waals surface area contributed by atoms with Crippen LogP contribution >= 0.6 is 0 Å². The van der Waals surface area contributed by atoms with Crippen molar-refractivity contribution < 1.29 is 14.3 Å². The predicted octanol–water partition coefficient (Wildman–Crippen LogP) is 3.87. The zero-order valence-corrected chi connectivity index (χ0v) is 19.4. The average Bonchev–Trinajstić information content (AvgIpc) is 3.22. The highest BCUT2D eigenvalue weighted by Gasteiger charge is 2.39. The monoisotopic (exact) mass is 437 g/mol. The summed E-state index contributed by atoms with van der Waals surface area (Å²) in [4.78, 5) is 17.8. The lowest BCUT2D eigenvalue weighted by atomic mass is 9.86. The summed E-state index contributed by atoms with van der Waals surface area (Å²) in [6.45, 7) is 4.05. The Morgan fingerprint density at radius 1 is 0.969 bits per heavy atom. The Hall–Kier alpha value is -2.57. The number of piperidine rings is 1. The van der Waals surface area contributed by atoms with Crippen molar-refractivity contribution in [2.24, 2.45) is 11.8 Å². The molecule has 2 aliphatic heterocycles. The first-order valence-electron chi connectivity index (χ1n) is 11.6. The predicted molar refractivity (Wildman–Crippen MR) is 127 cm³/mol. The van der Waals surface area contributed by atoms with E-state index in [1.165, 1.54) is 18.4 Å². The second-order valence-electron chi connectivity index (χ2n) is 9.12. The van der Waals surface area contributed by atoms with Crippen LogP contribution in [0, 0.1) is 11.8 Å². The number of methoxy groups -OCH3 is 2. The van der Waals surface area contributed by atoms with Gasteiger partial charge in [0.25, 0.3) is 0 Å². The van der Waals surface area contributed by atoms with Crippen molar-refractivity contribution in [1.82, 2.24) is 9.80 Å². The van der Waals surface area contributed by atoms with Gasteiger partial charge in [0.15, 0.2) is 0 Å². The fraction of sp³-hybridized carbons (Fsp3) is 0.500. The molecule has 0 saturated carbocycles. The quantitative estimate of drug-likeness (QED) is 0.713. The van der Waals surface area contributed by atoms with Crippen molar-refractivity contribution >= 4 is 11.6 Å². The second kappa shape index (κ2) is 10.4. The first-order valence-corrected chi connectivity index (χ1v) is 11.6. The molecule has 0 radical (unpaired) electrons. The molecule has 1 N–H and O–H groups in total. The molecule has 0 bridgehead atoms. The fourth-order valence-corrected chi connectivity index (χ4v) is 5.17. The molecule has 2 aliphatic rings. The zero-order chi connectivity index (χ0) is 22.5. The number of benzene rings is 2. The van der Waals surface area contributed by atoms with E-state index in [0.29, 0.717) is 12.0 Å². The van der Waals surface area contributed by atoms with Crippen LogP contribution < -0.4 is 14.8 Å². The molecule has 2 heterocycles. The summed E-state index contributed by atoms with van der Waals surface area (Å²) < 4.78 is 10.4. The molecule has 0 unspecified atom stereocenters. The Kier molecular flexibility index (Phi) is 7.33. The summed E-state index contributed by atoms with van der Waals surface area (Å²) >= 11 is 0. The third kappa shape index (κ3) is 5.43. The molecule has 0 spiro atoms. The summed E-state index contributed by atoms with van der Waals surface area (Å²) in [7, 11) is 5.52. The van der Waals surface area contributed by atoms with Crippen molar-refractivity contribution in [3.8, 4) is 11.5 Å². The van der Waals surface area contributed by atoms with Crippen LogP contribution in [0.3, 0.4) is 0 Å². The van der Waals surface area contributed by atoms with Crippen molar-refractivity contribution in [3.05, 3.63) is 54.1 Å². The second-order valence-corrected chi connectivity index (χ2v) is 9.12.